The molecular weight excluding hydrogens is 234 g/mol. The third kappa shape index (κ3) is 2.14. The molecule has 2 rings (SSSR count). The maximum Gasteiger partial charge on any atom is 0.254 e. The Balaban J connectivity index is 2.44. The van der Waals surface area contributed by atoms with Crippen molar-refractivity contribution in [3.8, 4) is 0 Å². The normalized spacial score (nSPS) is 12.0. The van der Waals surface area contributed by atoms with Gasteiger partial charge in [0, 0.05) is 11.8 Å². The molecular formula is C11H17N5O2. The second-order valence-electron chi connectivity index (χ2n) is 4.33. The number of nitrogens with zero attached hydrogens (tertiary/aromatic N) is 4. The van der Waals surface area contributed by atoms with E-state index in [-0.39, 0.29) is 13.2 Å². The first-order chi connectivity index (χ1) is 8.64. The molecule has 0 spiro atoms. The van der Waals surface area contributed by atoms with Crippen molar-refractivity contribution in [2.45, 2.75) is 25.8 Å². The monoisotopic (exact) mass is 251 g/mol. The zero-order valence-electron chi connectivity index (χ0n) is 10.5. The zero-order chi connectivity index (χ0) is 13.2. The predicted molar refractivity (Wildman–Crippen MR) is 66.3 cm³/mol. The van der Waals surface area contributed by atoms with Gasteiger partial charge in [-0.2, -0.15) is 14.6 Å². The molecule has 0 aromatic carbocycles. The van der Waals surface area contributed by atoms with Crippen molar-refractivity contribution >= 4 is 11.6 Å². The van der Waals surface area contributed by atoms with Gasteiger partial charge in [0.15, 0.2) is 0 Å². The Morgan fingerprint density at radius 1 is 1.39 bits per heavy atom. The average molecular weight is 251 g/mol. The Morgan fingerprint density at radius 2 is 2.11 bits per heavy atom. The molecule has 0 aliphatic heterocycles. The number of aliphatic hydroxyl groups excluding tert-OH is 2. The zero-order valence-corrected chi connectivity index (χ0v) is 10.5. The standard InChI is InChI=1S/C11H17N5O2/c1-3-11(5-17,6-18)15-9-4-8(2)14-10-12-7-13-16(9)10/h4,7,15,17-18H,3,5-6H2,1-2H3. The molecule has 0 unspecified atom stereocenters. The van der Waals surface area contributed by atoms with Crippen molar-refractivity contribution in [1.82, 2.24) is 19.6 Å². The molecule has 2 aromatic rings. The summed E-state index contributed by atoms with van der Waals surface area (Å²) >= 11 is 0. The molecule has 2 aromatic heterocycles. The van der Waals surface area contributed by atoms with E-state index in [9.17, 15) is 10.2 Å². The van der Waals surface area contributed by atoms with Crippen molar-refractivity contribution < 1.29 is 10.2 Å². The number of aromatic nitrogens is 4. The quantitative estimate of drug-likeness (QED) is 0.691. The van der Waals surface area contributed by atoms with E-state index < -0.39 is 5.54 Å². The fraction of sp³-hybridized carbons (Fsp3) is 0.545. The summed E-state index contributed by atoms with van der Waals surface area (Å²) in [5.41, 5.74) is 0.0195. The lowest BCUT2D eigenvalue weighted by Crippen LogP contribution is -2.45. The first-order valence-corrected chi connectivity index (χ1v) is 5.81. The van der Waals surface area contributed by atoms with Crippen LogP contribution >= 0.6 is 0 Å². The van der Waals surface area contributed by atoms with Crippen LogP contribution in [0.5, 0.6) is 0 Å². The first kappa shape index (κ1) is 12.7. The number of rotatable bonds is 5. The molecule has 0 radical (unpaired) electrons. The van der Waals surface area contributed by atoms with Crippen molar-refractivity contribution in [1.29, 1.82) is 0 Å². The van der Waals surface area contributed by atoms with Gasteiger partial charge in [-0.1, -0.05) is 6.92 Å². The largest absolute Gasteiger partial charge is 0.394 e. The van der Waals surface area contributed by atoms with Gasteiger partial charge >= 0.3 is 0 Å². The van der Waals surface area contributed by atoms with Gasteiger partial charge in [-0.05, 0) is 13.3 Å². The molecule has 0 fully saturated rings. The van der Waals surface area contributed by atoms with Crippen molar-refractivity contribution in [3.63, 3.8) is 0 Å². The minimum Gasteiger partial charge on any atom is -0.394 e. The summed E-state index contributed by atoms with van der Waals surface area (Å²) in [4.78, 5) is 8.25. The molecule has 3 N–H and O–H groups in total. The fourth-order valence-electron chi connectivity index (χ4n) is 1.73. The van der Waals surface area contributed by atoms with Crippen LogP contribution in [-0.4, -0.2) is 48.5 Å². The number of hydrogen-bond acceptors (Lipinski definition) is 6. The fourth-order valence-corrected chi connectivity index (χ4v) is 1.73. The number of nitrogens with one attached hydrogen (secondary N) is 1. The molecule has 0 aliphatic rings. The Morgan fingerprint density at radius 3 is 2.72 bits per heavy atom. The number of hydrogen-bond donors (Lipinski definition) is 3. The lowest BCUT2D eigenvalue weighted by atomic mass is 9.98. The Kier molecular flexibility index (Phi) is 3.44. The summed E-state index contributed by atoms with van der Waals surface area (Å²) in [7, 11) is 0. The highest BCUT2D eigenvalue weighted by atomic mass is 16.3. The van der Waals surface area contributed by atoms with Gasteiger partial charge in [-0.15, -0.1) is 0 Å². The van der Waals surface area contributed by atoms with E-state index in [1.165, 1.54) is 6.33 Å². The lowest BCUT2D eigenvalue weighted by Gasteiger charge is -2.30. The van der Waals surface area contributed by atoms with E-state index in [0.29, 0.717) is 18.0 Å². The van der Waals surface area contributed by atoms with Gasteiger partial charge < -0.3 is 15.5 Å². The van der Waals surface area contributed by atoms with E-state index in [4.69, 9.17) is 0 Å². The average Bonchev–Trinajstić information content (AvgIpc) is 2.84. The smallest absolute Gasteiger partial charge is 0.254 e. The lowest BCUT2D eigenvalue weighted by molar-refractivity contribution is 0.132. The van der Waals surface area contributed by atoms with E-state index in [0.717, 1.165) is 5.69 Å². The highest BCUT2D eigenvalue weighted by Gasteiger charge is 2.27. The molecule has 0 saturated carbocycles. The molecule has 2 heterocycles. The topological polar surface area (TPSA) is 95.6 Å². The van der Waals surface area contributed by atoms with Crippen LogP contribution in [0.2, 0.25) is 0 Å². The van der Waals surface area contributed by atoms with Crippen LogP contribution in [0.1, 0.15) is 19.0 Å². The van der Waals surface area contributed by atoms with Crippen LogP contribution in [0.4, 0.5) is 5.82 Å². The molecule has 0 bridgehead atoms. The number of anilines is 1. The minimum absolute atomic E-state index is 0.169. The molecule has 0 amide bonds. The third-order valence-electron chi connectivity index (χ3n) is 3.06. The van der Waals surface area contributed by atoms with E-state index in [1.807, 2.05) is 13.8 Å². The molecule has 18 heavy (non-hydrogen) atoms. The van der Waals surface area contributed by atoms with Crippen LogP contribution in [-0.2, 0) is 0 Å². The number of aliphatic hydroxyl groups is 2. The predicted octanol–water partition coefficient (Wildman–Crippen LogP) is -0.0220. The summed E-state index contributed by atoms with van der Waals surface area (Å²) in [6, 6.07) is 1.80. The maximum atomic E-state index is 9.45. The molecule has 98 valence electrons. The molecule has 0 aliphatic carbocycles. The Bertz CT molecular complexity index is 527. The second kappa shape index (κ2) is 4.87. The van der Waals surface area contributed by atoms with Gasteiger partial charge in [0.1, 0.15) is 12.1 Å². The SMILES string of the molecule is CCC(CO)(CO)Nc1cc(C)nc2ncnn12. The summed E-state index contributed by atoms with van der Waals surface area (Å²) in [5.74, 6) is 1.14. The van der Waals surface area contributed by atoms with E-state index >= 15 is 0 Å². The van der Waals surface area contributed by atoms with Crippen LogP contribution in [0.25, 0.3) is 5.78 Å². The summed E-state index contributed by atoms with van der Waals surface area (Å²) in [6.07, 6.45) is 2.00. The van der Waals surface area contributed by atoms with Gasteiger partial charge in [0.05, 0.1) is 18.8 Å². The number of aryl methyl sites for hydroxylation is 1. The first-order valence-electron chi connectivity index (χ1n) is 5.81. The van der Waals surface area contributed by atoms with Crippen LogP contribution in [0.15, 0.2) is 12.4 Å². The van der Waals surface area contributed by atoms with Crippen molar-refractivity contribution in [2.24, 2.45) is 0 Å². The van der Waals surface area contributed by atoms with E-state index in [1.54, 1.807) is 10.6 Å². The molecule has 0 atom stereocenters. The van der Waals surface area contributed by atoms with E-state index in [2.05, 4.69) is 20.4 Å². The van der Waals surface area contributed by atoms with Crippen LogP contribution in [0.3, 0.4) is 0 Å². The second-order valence-corrected chi connectivity index (χ2v) is 4.33. The van der Waals surface area contributed by atoms with Crippen LogP contribution in [0, 0.1) is 6.92 Å². The van der Waals surface area contributed by atoms with Gasteiger partial charge in [0.2, 0.25) is 0 Å². The summed E-state index contributed by atoms with van der Waals surface area (Å²) in [5, 5.41) is 26.1. The highest BCUT2D eigenvalue weighted by Crippen LogP contribution is 2.19. The molecule has 0 saturated heterocycles. The van der Waals surface area contributed by atoms with Gasteiger partial charge in [-0.3, -0.25) is 0 Å². The minimum atomic E-state index is -0.771. The molecule has 7 nitrogen and oxygen atoms in total. The Hall–Kier alpha value is -1.73. The maximum absolute atomic E-state index is 9.45. The highest BCUT2D eigenvalue weighted by molar-refractivity contribution is 5.46. The summed E-state index contributed by atoms with van der Waals surface area (Å²) < 4.78 is 1.54. The van der Waals surface area contributed by atoms with Crippen molar-refractivity contribution in [3.05, 3.63) is 18.1 Å². The van der Waals surface area contributed by atoms with Gasteiger partial charge in [-0.25, -0.2) is 4.98 Å². The van der Waals surface area contributed by atoms with Gasteiger partial charge in [0.25, 0.3) is 5.78 Å². The third-order valence-corrected chi connectivity index (χ3v) is 3.06. The molecule has 7 heteroatoms. The Labute approximate surface area is 105 Å². The summed E-state index contributed by atoms with van der Waals surface area (Å²) in [6.45, 7) is 3.41. The number of fused-ring (bicyclic) bond motifs is 1. The van der Waals surface area contributed by atoms with Crippen molar-refractivity contribution in [2.75, 3.05) is 18.5 Å². The van der Waals surface area contributed by atoms with Crippen LogP contribution < -0.4 is 5.32 Å².